The first-order valence-corrected chi connectivity index (χ1v) is 3.54. The van der Waals surface area contributed by atoms with Gasteiger partial charge in [-0.1, -0.05) is 26.0 Å². The Labute approximate surface area is 63.4 Å². The Balaban J connectivity index is 0. The summed E-state index contributed by atoms with van der Waals surface area (Å²) in [4.78, 5) is 0. The summed E-state index contributed by atoms with van der Waals surface area (Å²) in [6, 6.07) is 0. The van der Waals surface area contributed by atoms with E-state index in [0.717, 1.165) is 0 Å². The summed E-state index contributed by atoms with van der Waals surface area (Å²) in [6.45, 7) is 7.80. The van der Waals surface area contributed by atoms with Crippen LogP contribution < -0.4 is 0 Å². The van der Waals surface area contributed by atoms with E-state index in [0.29, 0.717) is 0 Å². The minimum absolute atomic E-state index is 1.64. The molecular formula is C8H16N2. The number of rotatable bonds is 2. The van der Waals surface area contributed by atoms with Gasteiger partial charge in [0.2, 0.25) is 0 Å². The van der Waals surface area contributed by atoms with Crippen LogP contribution in [0, 0.1) is 0 Å². The smallest absolute Gasteiger partial charge is 0.0452 e. The first-order chi connectivity index (χ1) is 4.91. The molecule has 0 aromatic heterocycles. The lowest BCUT2D eigenvalue weighted by atomic mass is 10.7. The van der Waals surface area contributed by atoms with Crippen LogP contribution in [0.15, 0.2) is 34.8 Å². The molecule has 58 valence electrons. The van der Waals surface area contributed by atoms with Crippen LogP contribution in [0.1, 0.15) is 27.7 Å². The Kier molecular flexibility index (Phi) is 18.6. The Morgan fingerprint density at radius 2 is 1.10 bits per heavy atom. The average Bonchev–Trinajstić information content (AvgIpc) is 2.02. The summed E-state index contributed by atoms with van der Waals surface area (Å²) in [6.07, 6.45) is 6.93. The lowest BCUT2D eigenvalue weighted by molar-refractivity contribution is 1.21. The maximum atomic E-state index is 3.64. The fraction of sp³-hybridized carbons (Fsp3) is 0.500. The van der Waals surface area contributed by atoms with Crippen molar-refractivity contribution in [2.24, 2.45) is 10.2 Å². The van der Waals surface area contributed by atoms with Gasteiger partial charge in [-0.2, -0.15) is 10.2 Å². The molecule has 0 aliphatic heterocycles. The van der Waals surface area contributed by atoms with E-state index in [4.69, 9.17) is 0 Å². The first-order valence-electron chi connectivity index (χ1n) is 3.54. The van der Waals surface area contributed by atoms with E-state index in [2.05, 4.69) is 10.2 Å². The molecule has 0 spiro atoms. The third-order valence-corrected chi connectivity index (χ3v) is 0.498. The summed E-state index contributed by atoms with van der Waals surface area (Å²) in [5.74, 6) is 0. The van der Waals surface area contributed by atoms with Crippen LogP contribution in [0.2, 0.25) is 0 Å². The van der Waals surface area contributed by atoms with E-state index < -0.39 is 0 Å². The molecule has 0 rings (SSSR count). The van der Waals surface area contributed by atoms with Gasteiger partial charge >= 0.3 is 0 Å². The number of azo groups is 1. The maximum Gasteiger partial charge on any atom is 0.0452 e. The van der Waals surface area contributed by atoms with Gasteiger partial charge in [0.05, 0.1) is 0 Å². The molecule has 0 radical (unpaired) electrons. The van der Waals surface area contributed by atoms with Gasteiger partial charge in [0.1, 0.15) is 0 Å². The minimum Gasteiger partial charge on any atom is -0.160 e. The second-order valence-electron chi connectivity index (χ2n) is 1.20. The van der Waals surface area contributed by atoms with Gasteiger partial charge in [0.25, 0.3) is 0 Å². The van der Waals surface area contributed by atoms with Gasteiger partial charge in [0.15, 0.2) is 0 Å². The Morgan fingerprint density at radius 3 is 1.30 bits per heavy atom. The molecule has 2 nitrogen and oxygen atoms in total. The molecule has 0 unspecified atom stereocenters. The summed E-state index contributed by atoms with van der Waals surface area (Å²) >= 11 is 0. The zero-order chi connectivity index (χ0) is 8.24. The number of allylic oxidation sites excluding steroid dienone is 2. The Bertz CT molecular complexity index is 98.4. The zero-order valence-electron chi connectivity index (χ0n) is 7.20. The molecule has 0 aromatic carbocycles. The third kappa shape index (κ3) is 15.7. The topological polar surface area (TPSA) is 24.7 Å². The second kappa shape index (κ2) is 15.7. The fourth-order valence-electron chi connectivity index (χ4n) is 0.210. The van der Waals surface area contributed by atoms with Crippen LogP contribution in [0.5, 0.6) is 0 Å². The largest absolute Gasteiger partial charge is 0.160 e. The van der Waals surface area contributed by atoms with Crippen molar-refractivity contribution in [3.63, 3.8) is 0 Å². The predicted octanol–water partition coefficient (Wildman–Crippen LogP) is 3.53. The average molecular weight is 140 g/mol. The van der Waals surface area contributed by atoms with Gasteiger partial charge < -0.3 is 0 Å². The van der Waals surface area contributed by atoms with E-state index in [1.165, 1.54) is 0 Å². The van der Waals surface area contributed by atoms with Crippen molar-refractivity contribution >= 4 is 0 Å². The Hall–Kier alpha value is -0.920. The lowest BCUT2D eigenvalue weighted by Gasteiger charge is -1.68. The highest BCUT2D eigenvalue weighted by Crippen LogP contribution is 1.78. The number of hydrogen-bond donors (Lipinski definition) is 0. The van der Waals surface area contributed by atoms with E-state index in [1.807, 2.05) is 39.8 Å². The van der Waals surface area contributed by atoms with E-state index in [9.17, 15) is 0 Å². The van der Waals surface area contributed by atoms with Crippen LogP contribution >= 0.6 is 0 Å². The summed E-state index contributed by atoms with van der Waals surface area (Å²) in [5, 5.41) is 7.27. The van der Waals surface area contributed by atoms with Gasteiger partial charge in [-0.25, -0.2) is 0 Å². The van der Waals surface area contributed by atoms with Crippen molar-refractivity contribution in [2.75, 3.05) is 0 Å². The van der Waals surface area contributed by atoms with Crippen LogP contribution in [0.3, 0.4) is 0 Å². The normalized spacial score (nSPS) is 10.8. The molecule has 0 saturated carbocycles. The highest BCUT2D eigenvalue weighted by Gasteiger charge is 1.55. The van der Waals surface area contributed by atoms with Crippen molar-refractivity contribution in [1.82, 2.24) is 0 Å². The summed E-state index contributed by atoms with van der Waals surface area (Å²) in [5.41, 5.74) is 0. The highest BCUT2D eigenvalue weighted by atomic mass is 15.1. The van der Waals surface area contributed by atoms with Gasteiger partial charge in [-0.05, 0) is 13.8 Å². The van der Waals surface area contributed by atoms with Crippen molar-refractivity contribution in [3.05, 3.63) is 24.6 Å². The first kappa shape index (κ1) is 11.8. The summed E-state index contributed by atoms with van der Waals surface area (Å²) in [7, 11) is 0. The molecule has 0 atom stereocenters. The quantitative estimate of drug-likeness (QED) is 0.524. The summed E-state index contributed by atoms with van der Waals surface area (Å²) < 4.78 is 0. The molecule has 0 saturated heterocycles. The van der Waals surface area contributed by atoms with Crippen LogP contribution in [-0.4, -0.2) is 0 Å². The molecule has 0 amide bonds. The zero-order valence-corrected chi connectivity index (χ0v) is 7.20. The molecule has 2 heteroatoms. The molecule has 0 aliphatic rings. The molecule has 0 aliphatic carbocycles. The van der Waals surface area contributed by atoms with Gasteiger partial charge in [0, 0.05) is 12.4 Å². The molecule has 0 aromatic rings. The predicted molar refractivity (Wildman–Crippen MR) is 45.8 cm³/mol. The highest BCUT2D eigenvalue weighted by molar-refractivity contribution is 4.76. The van der Waals surface area contributed by atoms with Crippen molar-refractivity contribution in [2.45, 2.75) is 27.7 Å². The standard InChI is InChI=1S/C6H10N2.C2H6/c1-3-5-7-8-6-4-2;1-2/h3-6H,1-2H3;1-2H3/b5-3-,6-4-,8-7-;. The van der Waals surface area contributed by atoms with Crippen molar-refractivity contribution in [3.8, 4) is 0 Å². The number of hydrogen-bond acceptors (Lipinski definition) is 2. The molecule has 10 heavy (non-hydrogen) atoms. The molecule has 0 bridgehead atoms. The van der Waals surface area contributed by atoms with Crippen molar-refractivity contribution in [1.29, 1.82) is 0 Å². The monoisotopic (exact) mass is 140 g/mol. The van der Waals surface area contributed by atoms with Crippen LogP contribution in [0.25, 0.3) is 0 Å². The third-order valence-electron chi connectivity index (χ3n) is 0.498. The minimum atomic E-state index is 1.64. The second-order valence-corrected chi connectivity index (χ2v) is 1.20. The number of nitrogens with zero attached hydrogens (tertiary/aromatic N) is 2. The molecular weight excluding hydrogens is 124 g/mol. The van der Waals surface area contributed by atoms with Gasteiger partial charge in [-0.15, -0.1) is 0 Å². The Morgan fingerprint density at radius 1 is 0.800 bits per heavy atom. The van der Waals surface area contributed by atoms with E-state index >= 15 is 0 Å². The maximum absolute atomic E-state index is 3.64. The SMILES string of the molecule is CC.C\C=C/N=N\C=C/C. The van der Waals surface area contributed by atoms with E-state index in [-0.39, 0.29) is 0 Å². The molecule has 0 heterocycles. The fourth-order valence-corrected chi connectivity index (χ4v) is 0.210. The molecule has 0 fully saturated rings. The van der Waals surface area contributed by atoms with Crippen LogP contribution in [0.4, 0.5) is 0 Å². The molecule has 0 N–H and O–H groups in total. The van der Waals surface area contributed by atoms with Gasteiger partial charge in [-0.3, -0.25) is 0 Å². The lowest BCUT2D eigenvalue weighted by Crippen LogP contribution is -1.44. The van der Waals surface area contributed by atoms with Crippen LogP contribution in [-0.2, 0) is 0 Å². The van der Waals surface area contributed by atoms with Crippen molar-refractivity contribution < 1.29 is 0 Å². The van der Waals surface area contributed by atoms with E-state index in [1.54, 1.807) is 12.4 Å².